The first-order chi connectivity index (χ1) is 9.44. The van der Waals surface area contributed by atoms with Gasteiger partial charge in [0.1, 0.15) is 0 Å². The van der Waals surface area contributed by atoms with Crippen LogP contribution in [0.1, 0.15) is 18.4 Å². The molecule has 1 saturated heterocycles. The van der Waals surface area contributed by atoms with Crippen LogP contribution in [-0.2, 0) is 21.1 Å². The van der Waals surface area contributed by atoms with Crippen molar-refractivity contribution in [2.45, 2.75) is 19.3 Å². The van der Waals surface area contributed by atoms with E-state index in [1.54, 1.807) is 12.1 Å². The Kier molecular flexibility index (Phi) is 5.05. The van der Waals surface area contributed by atoms with Crippen LogP contribution in [0.4, 0.5) is 0 Å². The number of carbonyl (C=O) groups is 1. The van der Waals surface area contributed by atoms with Gasteiger partial charge in [-0.1, -0.05) is 23.7 Å². The first-order valence-electron chi connectivity index (χ1n) is 6.66. The fourth-order valence-corrected chi connectivity index (χ4v) is 4.40. The lowest BCUT2D eigenvalue weighted by Gasteiger charge is -2.09. The molecule has 0 bridgehead atoms. The lowest BCUT2D eigenvalue weighted by molar-refractivity contribution is -0.120. The molecule has 1 heterocycles. The molecule has 6 heteroatoms. The van der Waals surface area contributed by atoms with Gasteiger partial charge in [-0.3, -0.25) is 4.79 Å². The number of rotatable bonds is 5. The maximum absolute atomic E-state index is 11.7. The summed E-state index contributed by atoms with van der Waals surface area (Å²) < 4.78 is 22.6. The van der Waals surface area contributed by atoms with Crippen molar-refractivity contribution < 1.29 is 13.2 Å². The Bertz CT molecular complexity index is 569. The maximum Gasteiger partial charge on any atom is 0.224 e. The van der Waals surface area contributed by atoms with Gasteiger partial charge in [-0.2, -0.15) is 0 Å². The smallest absolute Gasteiger partial charge is 0.224 e. The predicted molar refractivity (Wildman–Crippen MR) is 79.5 cm³/mol. The highest BCUT2D eigenvalue weighted by Crippen LogP contribution is 2.20. The molecule has 0 radical (unpaired) electrons. The number of sulfone groups is 1. The summed E-state index contributed by atoms with van der Waals surface area (Å²) in [6.45, 7) is 0.534. The van der Waals surface area contributed by atoms with Gasteiger partial charge in [0, 0.05) is 11.6 Å². The van der Waals surface area contributed by atoms with Crippen LogP contribution in [0.3, 0.4) is 0 Å². The summed E-state index contributed by atoms with van der Waals surface area (Å²) in [6.07, 6.45) is 1.76. The zero-order valence-corrected chi connectivity index (χ0v) is 12.7. The topological polar surface area (TPSA) is 63.2 Å². The minimum Gasteiger partial charge on any atom is -0.356 e. The third kappa shape index (κ3) is 4.80. The quantitative estimate of drug-likeness (QED) is 0.901. The molecule has 1 amide bonds. The summed E-state index contributed by atoms with van der Waals surface area (Å²) >= 11 is 5.78. The van der Waals surface area contributed by atoms with Crippen LogP contribution in [0, 0.1) is 5.92 Å². The van der Waals surface area contributed by atoms with Crippen molar-refractivity contribution in [1.82, 2.24) is 5.32 Å². The molecule has 0 aromatic heterocycles. The molecule has 110 valence electrons. The van der Waals surface area contributed by atoms with Crippen LogP contribution in [0.25, 0.3) is 0 Å². The standard InChI is InChI=1S/C14H18ClNO3S/c15-13-3-1-11(2-4-13)9-14(17)16-7-5-12-6-8-20(18,19)10-12/h1-4,12H,5-10H2,(H,16,17). The van der Waals surface area contributed by atoms with E-state index in [1.165, 1.54) is 0 Å². The summed E-state index contributed by atoms with van der Waals surface area (Å²) in [5.74, 6) is 0.695. The summed E-state index contributed by atoms with van der Waals surface area (Å²) in [5.41, 5.74) is 0.912. The highest BCUT2D eigenvalue weighted by molar-refractivity contribution is 7.91. The molecule has 1 unspecified atom stereocenters. The van der Waals surface area contributed by atoms with E-state index in [9.17, 15) is 13.2 Å². The molecule has 1 atom stereocenters. The van der Waals surface area contributed by atoms with Crippen LogP contribution in [0.5, 0.6) is 0 Å². The lowest BCUT2D eigenvalue weighted by atomic mass is 10.1. The zero-order chi connectivity index (χ0) is 14.6. The number of nitrogens with one attached hydrogen (secondary N) is 1. The fourth-order valence-electron chi connectivity index (χ4n) is 2.37. The fraction of sp³-hybridized carbons (Fsp3) is 0.500. The third-order valence-electron chi connectivity index (χ3n) is 3.48. The van der Waals surface area contributed by atoms with Gasteiger partial charge in [-0.05, 0) is 36.5 Å². The van der Waals surface area contributed by atoms with Gasteiger partial charge >= 0.3 is 0 Å². The molecule has 1 N–H and O–H groups in total. The van der Waals surface area contributed by atoms with Gasteiger partial charge in [0.2, 0.25) is 5.91 Å². The molecule has 1 aliphatic heterocycles. The van der Waals surface area contributed by atoms with Crippen molar-refractivity contribution in [2.24, 2.45) is 5.92 Å². The number of amides is 1. The number of hydrogen-bond donors (Lipinski definition) is 1. The van der Waals surface area contributed by atoms with Crippen molar-refractivity contribution >= 4 is 27.3 Å². The van der Waals surface area contributed by atoms with Gasteiger partial charge < -0.3 is 5.32 Å². The van der Waals surface area contributed by atoms with Crippen LogP contribution in [0.15, 0.2) is 24.3 Å². The average molecular weight is 316 g/mol. The first kappa shape index (κ1) is 15.3. The Hall–Kier alpha value is -1.07. The van der Waals surface area contributed by atoms with Gasteiger partial charge in [0.15, 0.2) is 9.84 Å². The van der Waals surface area contributed by atoms with Gasteiger partial charge in [-0.15, -0.1) is 0 Å². The van der Waals surface area contributed by atoms with E-state index in [0.717, 1.165) is 18.4 Å². The Labute approximate surface area is 124 Å². The van der Waals surface area contributed by atoms with Gasteiger partial charge in [0.05, 0.1) is 17.9 Å². The van der Waals surface area contributed by atoms with E-state index < -0.39 is 9.84 Å². The Morgan fingerprint density at radius 2 is 2.00 bits per heavy atom. The minimum absolute atomic E-state index is 0.0480. The molecule has 20 heavy (non-hydrogen) atoms. The highest BCUT2D eigenvalue weighted by Gasteiger charge is 2.27. The van der Waals surface area contributed by atoms with Crippen LogP contribution >= 0.6 is 11.6 Å². The Balaban J connectivity index is 1.69. The number of hydrogen-bond acceptors (Lipinski definition) is 3. The second kappa shape index (κ2) is 6.59. The molecular formula is C14H18ClNO3S. The summed E-state index contributed by atoms with van der Waals surface area (Å²) in [7, 11) is -2.82. The highest BCUT2D eigenvalue weighted by atomic mass is 35.5. The lowest BCUT2D eigenvalue weighted by Crippen LogP contribution is -2.27. The van der Waals surface area contributed by atoms with E-state index in [-0.39, 0.29) is 23.3 Å². The molecule has 1 fully saturated rings. The van der Waals surface area contributed by atoms with Crippen molar-refractivity contribution in [3.63, 3.8) is 0 Å². The van der Waals surface area contributed by atoms with E-state index in [1.807, 2.05) is 12.1 Å². The molecule has 2 rings (SSSR count). The minimum atomic E-state index is -2.82. The van der Waals surface area contributed by atoms with Crippen LogP contribution in [-0.4, -0.2) is 32.4 Å². The van der Waals surface area contributed by atoms with E-state index in [0.29, 0.717) is 18.0 Å². The van der Waals surface area contributed by atoms with Crippen molar-refractivity contribution in [2.75, 3.05) is 18.1 Å². The number of benzene rings is 1. The van der Waals surface area contributed by atoms with Crippen LogP contribution in [0.2, 0.25) is 5.02 Å². The van der Waals surface area contributed by atoms with E-state index in [2.05, 4.69) is 5.32 Å². The Morgan fingerprint density at radius 1 is 1.30 bits per heavy atom. The molecule has 1 aliphatic rings. The molecule has 0 aliphatic carbocycles. The van der Waals surface area contributed by atoms with Crippen LogP contribution < -0.4 is 5.32 Å². The van der Waals surface area contributed by atoms with Crippen molar-refractivity contribution in [3.8, 4) is 0 Å². The molecular weight excluding hydrogens is 298 g/mol. The molecule has 1 aromatic carbocycles. The third-order valence-corrected chi connectivity index (χ3v) is 5.57. The molecule has 0 spiro atoms. The predicted octanol–water partition coefficient (Wildman–Crippen LogP) is 1.82. The maximum atomic E-state index is 11.7. The van der Waals surface area contributed by atoms with Crippen molar-refractivity contribution in [3.05, 3.63) is 34.9 Å². The normalized spacial score (nSPS) is 20.8. The SMILES string of the molecule is O=C(Cc1ccc(Cl)cc1)NCCC1CCS(=O)(=O)C1. The molecule has 4 nitrogen and oxygen atoms in total. The van der Waals surface area contributed by atoms with E-state index in [4.69, 9.17) is 11.6 Å². The monoisotopic (exact) mass is 315 g/mol. The Morgan fingerprint density at radius 3 is 2.60 bits per heavy atom. The van der Waals surface area contributed by atoms with Crippen molar-refractivity contribution in [1.29, 1.82) is 0 Å². The summed E-state index contributed by atoms with van der Waals surface area (Å²) in [6, 6.07) is 7.16. The molecule has 0 saturated carbocycles. The summed E-state index contributed by atoms with van der Waals surface area (Å²) in [4.78, 5) is 11.7. The number of carbonyl (C=O) groups excluding carboxylic acids is 1. The van der Waals surface area contributed by atoms with Gasteiger partial charge in [0.25, 0.3) is 0 Å². The second-order valence-electron chi connectivity index (χ2n) is 5.21. The van der Waals surface area contributed by atoms with Gasteiger partial charge in [-0.25, -0.2) is 8.42 Å². The summed E-state index contributed by atoms with van der Waals surface area (Å²) in [5, 5.41) is 3.48. The molecule has 1 aromatic rings. The van der Waals surface area contributed by atoms with E-state index >= 15 is 0 Å². The number of halogens is 1. The second-order valence-corrected chi connectivity index (χ2v) is 7.88. The average Bonchev–Trinajstić information content (AvgIpc) is 2.72. The first-order valence-corrected chi connectivity index (χ1v) is 8.86. The zero-order valence-electron chi connectivity index (χ0n) is 11.1. The largest absolute Gasteiger partial charge is 0.356 e.